The highest BCUT2D eigenvalue weighted by atomic mass is 16.2. The minimum Gasteiger partial charge on any atom is -0.341 e. The van der Waals surface area contributed by atoms with Crippen LogP contribution in [0.4, 0.5) is 4.79 Å². The molecule has 5 nitrogen and oxygen atoms in total. The SMILES string of the molecule is CNC(=O)N(C)CCN1CCN(C)CC1. The maximum absolute atomic E-state index is 11.2. The molecule has 88 valence electrons. The minimum atomic E-state index is -0.0101. The molecule has 1 aliphatic heterocycles. The van der Waals surface area contributed by atoms with Crippen LogP contribution in [0, 0.1) is 0 Å². The molecule has 0 bridgehead atoms. The Morgan fingerprint density at radius 1 is 1.33 bits per heavy atom. The summed E-state index contributed by atoms with van der Waals surface area (Å²) in [6.45, 7) is 6.24. The van der Waals surface area contributed by atoms with Gasteiger partial charge in [-0.05, 0) is 7.05 Å². The first kappa shape index (κ1) is 12.3. The first-order valence-electron chi connectivity index (χ1n) is 5.47. The molecule has 0 aliphatic carbocycles. The van der Waals surface area contributed by atoms with Crippen molar-refractivity contribution in [2.45, 2.75) is 0 Å². The quantitative estimate of drug-likeness (QED) is 0.689. The summed E-state index contributed by atoms with van der Waals surface area (Å²) in [4.78, 5) is 17.7. The second-order valence-corrected chi connectivity index (χ2v) is 4.12. The number of piperazine rings is 1. The van der Waals surface area contributed by atoms with Crippen LogP contribution in [0.2, 0.25) is 0 Å². The van der Waals surface area contributed by atoms with E-state index >= 15 is 0 Å². The summed E-state index contributed by atoms with van der Waals surface area (Å²) in [7, 11) is 5.64. The molecule has 1 fully saturated rings. The van der Waals surface area contributed by atoms with Crippen LogP contribution in [-0.2, 0) is 0 Å². The molecule has 0 saturated carbocycles. The summed E-state index contributed by atoms with van der Waals surface area (Å²) in [6, 6.07) is -0.0101. The van der Waals surface area contributed by atoms with Crippen molar-refractivity contribution in [3.8, 4) is 0 Å². The third-order valence-electron chi connectivity index (χ3n) is 2.91. The molecule has 5 heteroatoms. The number of hydrogen-bond donors (Lipinski definition) is 1. The van der Waals surface area contributed by atoms with Gasteiger partial charge < -0.3 is 15.1 Å². The van der Waals surface area contributed by atoms with Crippen LogP contribution in [0.5, 0.6) is 0 Å². The van der Waals surface area contributed by atoms with E-state index in [1.54, 1.807) is 11.9 Å². The molecule has 1 saturated heterocycles. The maximum atomic E-state index is 11.2. The maximum Gasteiger partial charge on any atom is 0.316 e. The van der Waals surface area contributed by atoms with Crippen LogP contribution < -0.4 is 5.32 Å². The van der Waals surface area contributed by atoms with Gasteiger partial charge in [0.1, 0.15) is 0 Å². The fraction of sp³-hybridized carbons (Fsp3) is 0.900. The topological polar surface area (TPSA) is 38.8 Å². The summed E-state index contributed by atoms with van der Waals surface area (Å²) in [5.74, 6) is 0. The largest absolute Gasteiger partial charge is 0.341 e. The minimum absolute atomic E-state index is 0.0101. The molecule has 0 aromatic carbocycles. The lowest BCUT2D eigenvalue weighted by molar-refractivity contribution is 0.142. The molecule has 1 N–H and O–H groups in total. The molecule has 1 heterocycles. The van der Waals surface area contributed by atoms with Gasteiger partial charge in [-0.15, -0.1) is 0 Å². The summed E-state index contributed by atoms with van der Waals surface area (Å²) in [6.07, 6.45) is 0. The van der Waals surface area contributed by atoms with E-state index in [1.807, 2.05) is 7.05 Å². The lowest BCUT2D eigenvalue weighted by Crippen LogP contribution is -2.47. The van der Waals surface area contributed by atoms with Crippen molar-refractivity contribution in [2.24, 2.45) is 0 Å². The van der Waals surface area contributed by atoms with E-state index < -0.39 is 0 Å². The molecule has 15 heavy (non-hydrogen) atoms. The highest BCUT2D eigenvalue weighted by Crippen LogP contribution is 1.98. The highest BCUT2D eigenvalue weighted by molar-refractivity contribution is 5.73. The van der Waals surface area contributed by atoms with Crippen LogP contribution in [-0.4, -0.2) is 81.1 Å². The van der Waals surface area contributed by atoms with Crippen LogP contribution in [0.15, 0.2) is 0 Å². The van der Waals surface area contributed by atoms with E-state index in [9.17, 15) is 4.79 Å². The Labute approximate surface area is 92.0 Å². The third kappa shape index (κ3) is 4.05. The van der Waals surface area contributed by atoms with Crippen LogP contribution in [0.1, 0.15) is 0 Å². The van der Waals surface area contributed by atoms with Gasteiger partial charge in [0, 0.05) is 53.4 Å². The van der Waals surface area contributed by atoms with Crippen LogP contribution in [0.25, 0.3) is 0 Å². The van der Waals surface area contributed by atoms with Gasteiger partial charge in [-0.3, -0.25) is 4.90 Å². The molecule has 0 aromatic rings. The molecule has 0 unspecified atom stereocenters. The Kier molecular flexibility index (Phi) is 4.84. The first-order valence-corrected chi connectivity index (χ1v) is 5.47. The molecule has 0 atom stereocenters. The zero-order valence-electron chi connectivity index (χ0n) is 9.99. The standard InChI is InChI=1S/C10H22N4O/c1-11-10(15)13(3)6-9-14-7-4-12(2)5-8-14/h4-9H2,1-3H3,(H,11,15). The summed E-state index contributed by atoms with van der Waals surface area (Å²) in [5, 5.41) is 2.62. The molecule has 0 spiro atoms. The first-order chi connectivity index (χ1) is 7.13. The van der Waals surface area contributed by atoms with Gasteiger partial charge in [0.15, 0.2) is 0 Å². The van der Waals surface area contributed by atoms with Crippen molar-refractivity contribution >= 4 is 6.03 Å². The Bertz CT molecular complexity index is 202. The van der Waals surface area contributed by atoms with Gasteiger partial charge in [-0.2, -0.15) is 0 Å². The fourth-order valence-corrected chi connectivity index (χ4v) is 1.66. The van der Waals surface area contributed by atoms with E-state index in [2.05, 4.69) is 22.2 Å². The number of nitrogens with one attached hydrogen (secondary N) is 1. The normalized spacial score (nSPS) is 18.9. The lowest BCUT2D eigenvalue weighted by atomic mass is 10.3. The summed E-state index contributed by atoms with van der Waals surface area (Å²) >= 11 is 0. The van der Waals surface area contributed by atoms with E-state index in [-0.39, 0.29) is 6.03 Å². The van der Waals surface area contributed by atoms with Gasteiger partial charge in [0.2, 0.25) is 0 Å². The number of urea groups is 1. The second kappa shape index (κ2) is 5.92. The number of likely N-dealkylation sites (N-methyl/N-ethyl adjacent to an activating group) is 2. The van der Waals surface area contributed by atoms with Crippen LogP contribution >= 0.6 is 0 Å². The average molecular weight is 214 g/mol. The van der Waals surface area contributed by atoms with Gasteiger partial charge in [-0.25, -0.2) is 4.79 Å². The molecular formula is C10H22N4O. The number of hydrogen-bond acceptors (Lipinski definition) is 3. The van der Waals surface area contributed by atoms with Crippen molar-refractivity contribution in [1.82, 2.24) is 20.0 Å². The smallest absolute Gasteiger partial charge is 0.316 e. The molecule has 0 radical (unpaired) electrons. The zero-order valence-corrected chi connectivity index (χ0v) is 9.99. The van der Waals surface area contributed by atoms with E-state index in [0.717, 1.165) is 39.3 Å². The summed E-state index contributed by atoms with van der Waals surface area (Å²) < 4.78 is 0. The number of nitrogens with zero attached hydrogens (tertiary/aromatic N) is 3. The highest BCUT2D eigenvalue weighted by Gasteiger charge is 2.14. The number of carbonyl (C=O) groups excluding carboxylic acids is 1. The van der Waals surface area contributed by atoms with Crippen molar-refractivity contribution < 1.29 is 4.79 Å². The van der Waals surface area contributed by atoms with Crippen molar-refractivity contribution in [3.05, 3.63) is 0 Å². The lowest BCUT2D eigenvalue weighted by Gasteiger charge is -2.33. The van der Waals surface area contributed by atoms with Crippen LogP contribution in [0.3, 0.4) is 0 Å². The van der Waals surface area contributed by atoms with E-state index in [4.69, 9.17) is 0 Å². The van der Waals surface area contributed by atoms with Gasteiger partial charge in [0.05, 0.1) is 0 Å². The number of carbonyl (C=O) groups is 1. The molecular weight excluding hydrogens is 192 g/mol. The Morgan fingerprint density at radius 2 is 1.93 bits per heavy atom. The molecule has 1 aliphatic rings. The Hall–Kier alpha value is -0.810. The van der Waals surface area contributed by atoms with E-state index in [1.165, 1.54) is 0 Å². The number of amides is 2. The predicted octanol–water partition coefficient (Wildman–Crippen LogP) is -0.495. The third-order valence-corrected chi connectivity index (χ3v) is 2.91. The van der Waals surface area contributed by atoms with Crippen molar-refractivity contribution in [2.75, 3.05) is 60.4 Å². The monoisotopic (exact) mass is 214 g/mol. The summed E-state index contributed by atoms with van der Waals surface area (Å²) in [5.41, 5.74) is 0. The number of rotatable bonds is 3. The predicted molar refractivity (Wildman–Crippen MR) is 61.0 cm³/mol. The van der Waals surface area contributed by atoms with E-state index in [0.29, 0.717) is 0 Å². The van der Waals surface area contributed by atoms with Gasteiger partial charge in [-0.1, -0.05) is 0 Å². The average Bonchev–Trinajstić information content (AvgIpc) is 2.26. The van der Waals surface area contributed by atoms with Crippen molar-refractivity contribution in [1.29, 1.82) is 0 Å². The Balaban J connectivity index is 2.17. The Morgan fingerprint density at radius 3 is 2.47 bits per heavy atom. The zero-order chi connectivity index (χ0) is 11.3. The van der Waals surface area contributed by atoms with Gasteiger partial charge in [0.25, 0.3) is 0 Å². The second-order valence-electron chi connectivity index (χ2n) is 4.12. The fourth-order valence-electron chi connectivity index (χ4n) is 1.66. The molecule has 0 aromatic heterocycles. The molecule has 2 amide bonds. The molecule has 1 rings (SSSR count). The van der Waals surface area contributed by atoms with Crippen molar-refractivity contribution in [3.63, 3.8) is 0 Å². The van der Waals surface area contributed by atoms with Gasteiger partial charge >= 0.3 is 6.03 Å².